The quantitative estimate of drug-likeness (QED) is 0.760. The van der Waals surface area contributed by atoms with Crippen LogP contribution in [0.1, 0.15) is 21.7 Å². The minimum absolute atomic E-state index is 0.0625. The topological polar surface area (TPSA) is 83.8 Å². The van der Waals surface area contributed by atoms with E-state index in [-0.39, 0.29) is 17.1 Å². The summed E-state index contributed by atoms with van der Waals surface area (Å²) in [5.74, 6) is -1.03. The molecule has 0 spiro atoms. The highest BCUT2D eigenvalue weighted by molar-refractivity contribution is 6.06. The maximum absolute atomic E-state index is 13.6. The third kappa shape index (κ3) is 2.17. The van der Waals surface area contributed by atoms with Gasteiger partial charge in [-0.05, 0) is 31.5 Å². The van der Waals surface area contributed by atoms with E-state index < -0.39 is 11.7 Å². The molecule has 6 heteroatoms. The van der Waals surface area contributed by atoms with Crippen LogP contribution in [0.3, 0.4) is 0 Å². The van der Waals surface area contributed by atoms with E-state index in [1.54, 1.807) is 19.9 Å². The Morgan fingerprint density at radius 2 is 2.17 bits per heavy atom. The summed E-state index contributed by atoms with van der Waals surface area (Å²) < 4.78 is 13.6. The van der Waals surface area contributed by atoms with Crippen LogP contribution in [0.2, 0.25) is 0 Å². The molecule has 0 aliphatic carbocycles. The molecule has 2 rings (SSSR count). The molecule has 0 unspecified atom stereocenters. The summed E-state index contributed by atoms with van der Waals surface area (Å²) in [5, 5.41) is 8.80. The number of amides is 1. The predicted octanol–water partition coefficient (Wildman–Crippen LogP) is 2.00. The van der Waals surface area contributed by atoms with E-state index in [4.69, 9.17) is 5.73 Å². The molecule has 0 saturated carbocycles. The smallest absolute Gasteiger partial charge is 0.278 e. The van der Waals surface area contributed by atoms with E-state index in [1.165, 1.54) is 12.1 Å². The number of hydrogen-bond donors (Lipinski definition) is 3. The number of anilines is 2. The molecule has 0 saturated heterocycles. The van der Waals surface area contributed by atoms with Gasteiger partial charge in [0, 0.05) is 0 Å². The van der Waals surface area contributed by atoms with Crippen LogP contribution in [-0.4, -0.2) is 16.1 Å². The number of nitrogen functional groups attached to an aromatic ring is 1. The molecule has 0 radical (unpaired) electrons. The number of nitrogens with one attached hydrogen (secondary N) is 2. The minimum atomic E-state index is -0.542. The summed E-state index contributed by atoms with van der Waals surface area (Å²) in [6, 6.07) is 4.55. The van der Waals surface area contributed by atoms with Gasteiger partial charge in [0.1, 0.15) is 5.82 Å². The molecular weight excluding hydrogens is 235 g/mol. The van der Waals surface area contributed by atoms with E-state index >= 15 is 0 Å². The molecule has 0 fully saturated rings. The Kier molecular flexibility index (Phi) is 3.01. The largest absolute Gasteiger partial charge is 0.395 e. The fourth-order valence-electron chi connectivity index (χ4n) is 1.51. The van der Waals surface area contributed by atoms with Crippen LogP contribution in [0.5, 0.6) is 0 Å². The molecule has 1 amide bonds. The number of nitrogens with two attached hydrogens (primary N) is 1. The van der Waals surface area contributed by atoms with Gasteiger partial charge in [-0.25, -0.2) is 4.39 Å². The number of nitrogens with zero attached hydrogens (tertiary/aromatic N) is 1. The molecule has 4 N–H and O–H groups in total. The van der Waals surface area contributed by atoms with E-state index in [2.05, 4.69) is 15.5 Å². The van der Waals surface area contributed by atoms with Crippen molar-refractivity contribution < 1.29 is 9.18 Å². The van der Waals surface area contributed by atoms with Crippen molar-refractivity contribution in [3.8, 4) is 0 Å². The molecular formula is C12H13FN4O. The zero-order valence-electron chi connectivity index (χ0n) is 10.0. The van der Waals surface area contributed by atoms with Gasteiger partial charge in [0.25, 0.3) is 5.91 Å². The summed E-state index contributed by atoms with van der Waals surface area (Å²) in [7, 11) is 0. The Balaban J connectivity index is 2.24. The van der Waals surface area contributed by atoms with Crippen LogP contribution < -0.4 is 11.1 Å². The number of carbonyl (C=O) groups is 1. The lowest BCUT2D eigenvalue weighted by atomic mass is 10.2. The summed E-state index contributed by atoms with van der Waals surface area (Å²) in [5.41, 5.74) is 7.48. The van der Waals surface area contributed by atoms with Crippen molar-refractivity contribution in [3.63, 3.8) is 0 Å². The maximum atomic E-state index is 13.6. The van der Waals surface area contributed by atoms with Crippen molar-refractivity contribution in [3.05, 3.63) is 41.0 Å². The Labute approximate surface area is 103 Å². The summed E-state index contributed by atoms with van der Waals surface area (Å²) >= 11 is 0. The molecule has 0 atom stereocenters. The lowest BCUT2D eigenvalue weighted by Crippen LogP contribution is -2.15. The minimum Gasteiger partial charge on any atom is -0.395 e. The summed E-state index contributed by atoms with van der Waals surface area (Å²) in [6.07, 6.45) is 0. The third-order valence-electron chi connectivity index (χ3n) is 2.58. The van der Waals surface area contributed by atoms with E-state index in [9.17, 15) is 9.18 Å². The van der Waals surface area contributed by atoms with Crippen molar-refractivity contribution in [1.29, 1.82) is 0 Å². The molecule has 1 heterocycles. The second-order valence-corrected chi connectivity index (χ2v) is 4.05. The van der Waals surface area contributed by atoms with Gasteiger partial charge < -0.3 is 11.1 Å². The van der Waals surface area contributed by atoms with Crippen molar-refractivity contribution in [1.82, 2.24) is 10.2 Å². The molecule has 1 aromatic heterocycles. The lowest BCUT2D eigenvalue weighted by molar-refractivity contribution is 0.102. The Morgan fingerprint density at radius 3 is 2.72 bits per heavy atom. The molecule has 5 nitrogen and oxygen atoms in total. The van der Waals surface area contributed by atoms with Crippen LogP contribution in [0.15, 0.2) is 18.2 Å². The monoisotopic (exact) mass is 248 g/mol. The molecule has 2 aromatic rings. The van der Waals surface area contributed by atoms with Crippen molar-refractivity contribution in [2.75, 3.05) is 11.1 Å². The van der Waals surface area contributed by atoms with Crippen LogP contribution in [-0.2, 0) is 0 Å². The highest BCUT2D eigenvalue weighted by Crippen LogP contribution is 2.18. The number of H-pyrrole nitrogens is 1. The summed E-state index contributed by atoms with van der Waals surface area (Å²) in [4.78, 5) is 11.8. The molecule has 0 aliphatic heterocycles. The second kappa shape index (κ2) is 4.48. The standard InChI is InChI=1S/C12H13FN4O/c1-6-3-4-9(8(13)5-6)15-12(18)11-10(14)7(2)16-17-11/h3-5H,14H2,1-2H3,(H,15,18)(H,16,17). The van der Waals surface area contributed by atoms with Crippen LogP contribution in [0.4, 0.5) is 15.8 Å². The zero-order valence-corrected chi connectivity index (χ0v) is 10.0. The number of aryl methyl sites for hydroxylation is 2. The SMILES string of the molecule is Cc1ccc(NC(=O)c2n[nH]c(C)c2N)c(F)c1. The van der Waals surface area contributed by atoms with Gasteiger partial charge in [-0.3, -0.25) is 9.89 Å². The number of aromatic amines is 1. The average molecular weight is 248 g/mol. The van der Waals surface area contributed by atoms with Gasteiger partial charge in [0.15, 0.2) is 5.69 Å². The van der Waals surface area contributed by atoms with Crippen molar-refractivity contribution in [2.45, 2.75) is 13.8 Å². The van der Waals surface area contributed by atoms with Gasteiger partial charge in [0.05, 0.1) is 17.1 Å². The fraction of sp³-hybridized carbons (Fsp3) is 0.167. The van der Waals surface area contributed by atoms with Gasteiger partial charge in [0.2, 0.25) is 0 Å². The molecule has 94 valence electrons. The van der Waals surface area contributed by atoms with Crippen LogP contribution in [0, 0.1) is 19.7 Å². The first-order valence-electron chi connectivity index (χ1n) is 5.37. The normalized spacial score (nSPS) is 10.4. The molecule has 0 aliphatic rings. The summed E-state index contributed by atoms with van der Waals surface area (Å²) in [6.45, 7) is 3.47. The van der Waals surface area contributed by atoms with Gasteiger partial charge >= 0.3 is 0 Å². The van der Waals surface area contributed by atoms with Crippen LogP contribution >= 0.6 is 0 Å². The van der Waals surface area contributed by atoms with Crippen LogP contribution in [0.25, 0.3) is 0 Å². The first-order chi connectivity index (χ1) is 8.49. The number of halogens is 1. The van der Waals surface area contributed by atoms with Gasteiger partial charge in [-0.15, -0.1) is 0 Å². The van der Waals surface area contributed by atoms with Gasteiger partial charge in [-0.1, -0.05) is 6.07 Å². The Morgan fingerprint density at radius 1 is 1.44 bits per heavy atom. The number of carbonyl (C=O) groups excluding carboxylic acids is 1. The highest BCUT2D eigenvalue weighted by atomic mass is 19.1. The Bertz CT molecular complexity index is 606. The maximum Gasteiger partial charge on any atom is 0.278 e. The molecule has 18 heavy (non-hydrogen) atoms. The number of aromatic nitrogens is 2. The van der Waals surface area contributed by atoms with Crippen molar-refractivity contribution in [2.24, 2.45) is 0 Å². The number of hydrogen-bond acceptors (Lipinski definition) is 3. The predicted molar refractivity (Wildman–Crippen MR) is 66.8 cm³/mol. The fourth-order valence-corrected chi connectivity index (χ4v) is 1.51. The second-order valence-electron chi connectivity index (χ2n) is 4.05. The number of rotatable bonds is 2. The lowest BCUT2D eigenvalue weighted by Gasteiger charge is -2.05. The highest BCUT2D eigenvalue weighted by Gasteiger charge is 2.16. The molecule has 0 bridgehead atoms. The van der Waals surface area contributed by atoms with E-state index in [0.717, 1.165) is 5.56 Å². The van der Waals surface area contributed by atoms with Gasteiger partial charge in [-0.2, -0.15) is 5.10 Å². The zero-order chi connectivity index (χ0) is 13.3. The average Bonchev–Trinajstić information content (AvgIpc) is 2.64. The van der Waals surface area contributed by atoms with E-state index in [1.807, 2.05) is 0 Å². The Hall–Kier alpha value is -2.37. The van der Waals surface area contributed by atoms with E-state index in [0.29, 0.717) is 5.69 Å². The first kappa shape index (κ1) is 12.1. The number of benzene rings is 1. The molecule has 1 aromatic carbocycles. The van der Waals surface area contributed by atoms with Crippen molar-refractivity contribution >= 4 is 17.3 Å². The first-order valence-corrected chi connectivity index (χ1v) is 5.37. The third-order valence-corrected chi connectivity index (χ3v) is 2.58.